The Hall–Kier alpha value is -2.96. The Bertz CT molecular complexity index is 1960. The number of phosphoric acid groups is 3. The van der Waals surface area contributed by atoms with Crippen molar-refractivity contribution in [1.82, 2.24) is 30.2 Å². The molecule has 3 heterocycles. The molecule has 0 bridgehead atoms. The number of hydrogen-bond donors (Lipinski definition) is 9. The van der Waals surface area contributed by atoms with Crippen LogP contribution in [0.25, 0.3) is 11.2 Å². The van der Waals surface area contributed by atoms with Gasteiger partial charge in [0.2, 0.25) is 16.9 Å². The topological polar surface area (TPSA) is 364 Å². The van der Waals surface area contributed by atoms with Crippen LogP contribution in [0, 0.1) is 5.41 Å². The lowest BCUT2D eigenvalue weighted by Gasteiger charge is -2.30. The van der Waals surface area contributed by atoms with Crippen LogP contribution < -0.4 is 16.4 Å². The fraction of sp³-hybridized carbons (Fsp3) is 0.625. The van der Waals surface area contributed by atoms with E-state index in [0.29, 0.717) is 12.2 Å². The Morgan fingerprint density at radius 2 is 1.75 bits per heavy atom. The highest BCUT2D eigenvalue weighted by Crippen LogP contribution is 2.61. The van der Waals surface area contributed by atoms with Crippen molar-refractivity contribution in [2.75, 3.05) is 37.8 Å². The van der Waals surface area contributed by atoms with Crippen molar-refractivity contribution in [3.63, 3.8) is 0 Å². The first-order chi connectivity index (χ1) is 28.1. The number of fused-ring (bicyclic) bond motifs is 1. The van der Waals surface area contributed by atoms with Crippen LogP contribution in [-0.2, 0) is 50.7 Å². The zero-order valence-electron chi connectivity index (χ0n) is 32.9. The molecule has 60 heavy (non-hydrogen) atoms. The zero-order chi connectivity index (χ0) is 44.7. The molecular formula is C32H52N7O17P3S. The van der Waals surface area contributed by atoms with Crippen molar-refractivity contribution in [2.45, 2.75) is 89.9 Å². The quantitative estimate of drug-likeness (QED) is 0.0281. The lowest BCUT2D eigenvalue weighted by Crippen LogP contribution is -2.46. The Morgan fingerprint density at radius 1 is 1.03 bits per heavy atom. The van der Waals surface area contributed by atoms with Crippen molar-refractivity contribution < 1.29 is 80.5 Å². The number of carbonyl (C=O) groups excluding carboxylic acids is 3. The average molecular weight is 932 g/mol. The number of aliphatic hydroxyl groups is 2. The second kappa shape index (κ2) is 23.5. The summed E-state index contributed by atoms with van der Waals surface area (Å²) in [6, 6.07) is 0. The summed E-state index contributed by atoms with van der Waals surface area (Å²) < 4.78 is 62.2. The number of nitrogen functional groups attached to an aromatic ring is 1. The summed E-state index contributed by atoms with van der Waals surface area (Å²) in [5, 5.41) is 26.3. The fourth-order valence-electron chi connectivity index (χ4n) is 5.30. The first-order valence-corrected chi connectivity index (χ1v) is 23.9. The standard InChI is InChI=1S/C32H52N7O17P3S/c1-4-5-6-7-8-9-10-11-12-23(41)60-16-15-34-22(40)13-14-35-30(44)27(43)32(2,3)18-53-59(50,51)56-58(48,49)52-17-21-26(55-57(45,46)47)25(42)31(54-21)39-20-38-24-28(33)36-19-37-29(24)39/h8-9,11-12,19-21,25-27,31,42-43H,4-7,10,13-18H2,1-3H3,(H,34,40)(H,35,44)(H,48,49)(H,50,51)(H2,33,36,37)(H2,45,46,47)/b9-8+,12-11+. The zero-order valence-corrected chi connectivity index (χ0v) is 36.4. The van der Waals surface area contributed by atoms with Gasteiger partial charge in [-0.2, -0.15) is 4.31 Å². The number of allylic oxidation sites excluding steroid dienone is 3. The van der Waals surface area contributed by atoms with Crippen LogP contribution in [0.3, 0.4) is 0 Å². The van der Waals surface area contributed by atoms with Crippen LogP contribution in [0.2, 0.25) is 0 Å². The van der Waals surface area contributed by atoms with Gasteiger partial charge in [-0.05, 0) is 25.3 Å². The number of rotatable bonds is 26. The number of carbonyl (C=O) groups is 3. The van der Waals surface area contributed by atoms with Crippen molar-refractivity contribution >= 4 is 69.1 Å². The summed E-state index contributed by atoms with van der Waals surface area (Å²) in [6.45, 7) is 2.62. The summed E-state index contributed by atoms with van der Waals surface area (Å²) in [7, 11) is -16.4. The number of nitrogens with two attached hydrogens (primary N) is 1. The van der Waals surface area contributed by atoms with Gasteiger partial charge in [0, 0.05) is 30.7 Å². The van der Waals surface area contributed by atoms with E-state index >= 15 is 0 Å². The first kappa shape index (κ1) is 51.4. The first-order valence-electron chi connectivity index (χ1n) is 18.4. The lowest BCUT2D eigenvalue weighted by molar-refractivity contribution is -0.137. The molecule has 1 aliphatic rings. The second-order valence-electron chi connectivity index (χ2n) is 13.8. The number of nitrogens with one attached hydrogen (secondary N) is 2. The van der Waals surface area contributed by atoms with Gasteiger partial charge < -0.3 is 50.9 Å². The van der Waals surface area contributed by atoms with E-state index in [1.165, 1.54) is 26.3 Å². The van der Waals surface area contributed by atoms with Gasteiger partial charge in [-0.3, -0.25) is 32.5 Å². The maximum atomic E-state index is 12.7. The molecule has 24 nitrogen and oxygen atoms in total. The molecule has 1 saturated heterocycles. The third kappa shape index (κ3) is 17.1. The molecule has 0 radical (unpaired) electrons. The number of ether oxygens (including phenoxy) is 1. The van der Waals surface area contributed by atoms with E-state index in [2.05, 4.69) is 47.4 Å². The predicted molar refractivity (Wildman–Crippen MR) is 214 cm³/mol. The highest BCUT2D eigenvalue weighted by molar-refractivity contribution is 8.14. The van der Waals surface area contributed by atoms with E-state index in [4.69, 9.17) is 19.5 Å². The Labute approximate surface area is 349 Å². The number of nitrogens with zero attached hydrogens (tertiary/aromatic N) is 4. The molecule has 2 amide bonds. The fourth-order valence-corrected chi connectivity index (χ4v) is 8.73. The Kier molecular flexibility index (Phi) is 20.1. The maximum Gasteiger partial charge on any atom is 0.481 e. The van der Waals surface area contributed by atoms with E-state index in [0.717, 1.165) is 48.2 Å². The van der Waals surface area contributed by atoms with E-state index in [1.807, 2.05) is 6.08 Å². The number of amides is 2. The molecule has 0 saturated carbocycles. The summed E-state index contributed by atoms with van der Waals surface area (Å²) in [4.78, 5) is 87.8. The lowest BCUT2D eigenvalue weighted by atomic mass is 9.87. The maximum absolute atomic E-state index is 12.7. The number of unbranched alkanes of at least 4 members (excludes halogenated alkanes) is 3. The van der Waals surface area contributed by atoms with Crippen LogP contribution >= 0.6 is 35.2 Å². The van der Waals surface area contributed by atoms with Crippen LogP contribution in [0.5, 0.6) is 0 Å². The van der Waals surface area contributed by atoms with Gasteiger partial charge in [-0.15, -0.1) is 0 Å². The molecule has 1 fully saturated rings. The van der Waals surface area contributed by atoms with E-state index < -0.39 is 84.6 Å². The number of phosphoric ester groups is 3. The third-order valence-corrected chi connectivity index (χ3v) is 12.3. The van der Waals surface area contributed by atoms with E-state index in [9.17, 15) is 57.9 Å². The van der Waals surface area contributed by atoms with Gasteiger partial charge in [-0.1, -0.05) is 63.6 Å². The molecule has 1 aliphatic heterocycles. The highest BCUT2D eigenvalue weighted by atomic mass is 32.2. The number of anilines is 1. The number of aromatic nitrogens is 4. The highest BCUT2D eigenvalue weighted by Gasteiger charge is 2.50. The number of hydrogen-bond acceptors (Lipinski definition) is 18. The normalized spacial score (nSPS) is 21.3. The summed E-state index contributed by atoms with van der Waals surface area (Å²) in [5.74, 6) is -1.14. The monoisotopic (exact) mass is 931 g/mol. The molecule has 28 heteroatoms. The van der Waals surface area contributed by atoms with Crippen LogP contribution in [-0.4, -0.2) is 123 Å². The van der Waals surface area contributed by atoms with E-state index in [1.54, 1.807) is 6.08 Å². The minimum Gasteiger partial charge on any atom is -0.386 e. The van der Waals surface area contributed by atoms with Gasteiger partial charge in [0.25, 0.3) is 0 Å². The summed E-state index contributed by atoms with van der Waals surface area (Å²) in [5.41, 5.74) is 4.26. The van der Waals surface area contributed by atoms with Crippen LogP contribution in [0.4, 0.5) is 5.82 Å². The summed E-state index contributed by atoms with van der Waals surface area (Å²) >= 11 is 1.03. The van der Waals surface area contributed by atoms with Gasteiger partial charge >= 0.3 is 23.5 Å². The smallest absolute Gasteiger partial charge is 0.386 e. The minimum absolute atomic E-state index is 0.0303. The molecule has 3 rings (SSSR count). The molecule has 0 aromatic carbocycles. The Balaban J connectivity index is 1.42. The molecular weight excluding hydrogens is 879 g/mol. The molecule has 7 atom stereocenters. The van der Waals surface area contributed by atoms with E-state index in [-0.39, 0.29) is 41.6 Å². The predicted octanol–water partition coefficient (Wildman–Crippen LogP) is 1.75. The summed E-state index contributed by atoms with van der Waals surface area (Å²) in [6.07, 6.45) is 5.54. The molecule has 10 N–H and O–H groups in total. The Morgan fingerprint density at radius 3 is 2.45 bits per heavy atom. The molecule has 2 aromatic heterocycles. The van der Waals surface area contributed by atoms with Crippen LogP contribution in [0.1, 0.15) is 65.5 Å². The molecule has 7 unspecified atom stereocenters. The van der Waals surface area contributed by atoms with Crippen molar-refractivity contribution in [2.24, 2.45) is 5.41 Å². The SMILES string of the molecule is CCCCC/C=C/C/C=C/C(=O)SCCNC(=O)CCNC(=O)C(O)C(C)(C)COP(=O)(O)OP(=O)(O)OCC1OC(n2cnc3c(N)ncnc32)C(O)C1OP(=O)(O)O. The average Bonchev–Trinajstić information content (AvgIpc) is 3.72. The van der Waals surface area contributed by atoms with Crippen molar-refractivity contribution in [1.29, 1.82) is 0 Å². The number of aliphatic hydroxyl groups excluding tert-OH is 2. The van der Waals surface area contributed by atoms with Gasteiger partial charge in [0.1, 0.15) is 36.3 Å². The largest absolute Gasteiger partial charge is 0.481 e. The second-order valence-corrected chi connectivity index (χ2v) is 19.2. The van der Waals surface area contributed by atoms with Gasteiger partial charge in [0.15, 0.2) is 17.7 Å². The third-order valence-electron chi connectivity index (χ3n) is 8.41. The number of imidazole rings is 1. The molecule has 0 spiro atoms. The van der Waals surface area contributed by atoms with Crippen molar-refractivity contribution in [3.8, 4) is 0 Å². The van der Waals surface area contributed by atoms with Crippen molar-refractivity contribution in [3.05, 3.63) is 37.0 Å². The molecule has 2 aromatic rings. The minimum atomic E-state index is -5.57. The number of thioether (sulfide) groups is 1. The van der Waals surface area contributed by atoms with Crippen LogP contribution in [0.15, 0.2) is 37.0 Å². The molecule has 0 aliphatic carbocycles. The molecule has 338 valence electrons. The van der Waals surface area contributed by atoms with Gasteiger partial charge in [-0.25, -0.2) is 28.6 Å². The van der Waals surface area contributed by atoms with Gasteiger partial charge in [0.05, 0.1) is 19.5 Å².